The van der Waals surface area contributed by atoms with E-state index < -0.39 is 11.6 Å². The first kappa shape index (κ1) is 13.1. The molecule has 1 aromatic rings. The molecule has 0 bridgehead atoms. The van der Waals surface area contributed by atoms with Gasteiger partial charge in [-0.2, -0.15) is 0 Å². The third-order valence-electron chi connectivity index (χ3n) is 3.56. The van der Waals surface area contributed by atoms with Gasteiger partial charge < -0.3 is 11.2 Å². The Morgan fingerprint density at radius 2 is 1.83 bits per heavy atom. The summed E-state index contributed by atoms with van der Waals surface area (Å²) in [6.45, 7) is 4.13. The summed E-state index contributed by atoms with van der Waals surface area (Å²) in [5.41, 5.74) is 8.91. The highest BCUT2D eigenvalue weighted by atomic mass is 19.2. The minimum Gasteiger partial charge on any atom is -0.397 e. The fraction of sp³-hybridized carbons (Fsp3) is 0.538. The van der Waals surface area contributed by atoms with Crippen LogP contribution in [0.5, 0.6) is 0 Å². The molecule has 100 valence electrons. The number of halogens is 2. The van der Waals surface area contributed by atoms with Gasteiger partial charge >= 0.3 is 0 Å². The summed E-state index contributed by atoms with van der Waals surface area (Å²) in [6, 6.07) is 2.96. The molecule has 0 aromatic heterocycles. The molecule has 3 nitrogen and oxygen atoms in total. The first-order chi connectivity index (χ1) is 8.50. The zero-order valence-electron chi connectivity index (χ0n) is 10.7. The summed E-state index contributed by atoms with van der Waals surface area (Å²) in [7, 11) is 0. The van der Waals surface area contributed by atoms with Crippen molar-refractivity contribution in [2.24, 2.45) is 0 Å². The van der Waals surface area contributed by atoms with Crippen molar-refractivity contribution in [1.29, 1.82) is 0 Å². The van der Waals surface area contributed by atoms with Crippen LogP contribution in [0.1, 0.15) is 33.1 Å². The second-order valence-corrected chi connectivity index (χ2v) is 4.97. The van der Waals surface area contributed by atoms with Crippen LogP contribution in [0.25, 0.3) is 0 Å². The smallest absolute Gasteiger partial charge is 0.185 e. The molecular weight excluding hydrogens is 236 g/mol. The fourth-order valence-corrected chi connectivity index (χ4v) is 2.45. The van der Waals surface area contributed by atoms with Gasteiger partial charge in [0.1, 0.15) is 5.69 Å². The predicted octanol–water partition coefficient (Wildman–Crippen LogP) is 3.14. The molecule has 2 rings (SSSR count). The van der Waals surface area contributed by atoms with Gasteiger partial charge in [0.25, 0.3) is 0 Å². The van der Waals surface area contributed by atoms with Gasteiger partial charge in [0.2, 0.25) is 0 Å². The largest absolute Gasteiger partial charge is 0.397 e. The first-order valence-corrected chi connectivity index (χ1v) is 6.29. The summed E-state index contributed by atoms with van der Waals surface area (Å²) in [4.78, 5) is 0. The molecule has 1 fully saturated rings. The van der Waals surface area contributed by atoms with Gasteiger partial charge in [0, 0.05) is 12.1 Å². The number of piperidine rings is 1. The van der Waals surface area contributed by atoms with Crippen molar-refractivity contribution in [3.8, 4) is 0 Å². The van der Waals surface area contributed by atoms with Gasteiger partial charge in [-0.05, 0) is 38.8 Å². The lowest BCUT2D eigenvalue weighted by molar-refractivity contribution is 0.135. The summed E-state index contributed by atoms with van der Waals surface area (Å²) >= 11 is 0. The molecule has 18 heavy (non-hydrogen) atoms. The molecule has 0 spiro atoms. The van der Waals surface area contributed by atoms with Crippen molar-refractivity contribution >= 4 is 11.4 Å². The number of hydrogen-bond donors (Lipinski definition) is 2. The Hall–Kier alpha value is -1.36. The van der Waals surface area contributed by atoms with Gasteiger partial charge in [-0.15, -0.1) is 0 Å². The van der Waals surface area contributed by atoms with Gasteiger partial charge in [-0.25, -0.2) is 13.8 Å². The van der Waals surface area contributed by atoms with Crippen LogP contribution in [0.15, 0.2) is 12.1 Å². The number of nitrogens with one attached hydrogen (secondary N) is 1. The molecule has 1 aliphatic heterocycles. The minimum atomic E-state index is -0.917. The summed E-state index contributed by atoms with van der Waals surface area (Å²) in [5, 5.41) is 1.96. The summed E-state index contributed by atoms with van der Waals surface area (Å²) in [6.07, 6.45) is 3.23. The molecule has 5 heteroatoms. The van der Waals surface area contributed by atoms with E-state index in [0.29, 0.717) is 0 Å². The Morgan fingerprint density at radius 1 is 1.22 bits per heavy atom. The van der Waals surface area contributed by atoms with Crippen molar-refractivity contribution in [3.05, 3.63) is 23.8 Å². The average molecular weight is 255 g/mol. The maximum absolute atomic E-state index is 13.7. The lowest BCUT2D eigenvalue weighted by Crippen LogP contribution is -2.47. The van der Waals surface area contributed by atoms with E-state index in [1.165, 1.54) is 6.07 Å². The van der Waals surface area contributed by atoms with E-state index in [9.17, 15) is 8.78 Å². The Labute approximate surface area is 106 Å². The predicted molar refractivity (Wildman–Crippen MR) is 69.0 cm³/mol. The minimum absolute atomic E-state index is 0.0376. The molecule has 1 saturated heterocycles. The Morgan fingerprint density at radius 3 is 2.44 bits per heavy atom. The molecular formula is C13H19F2N3. The van der Waals surface area contributed by atoms with Crippen LogP contribution in [-0.2, 0) is 0 Å². The highest BCUT2D eigenvalue weighted by molar-refractivity contribution is 5.66. The molecule has 1 aliphatic rings. The maximum Gasteiger partial charge on any atom is 0.185 e. The monoisotopic (exact) mass is 255 g/mol. The first-order valence-electron chi connectivity index (χ1n) is 6.29. The van der Waals surface area contributed by atoms with Crippen LogP contribution in [0.4, 0.5) is 20.2 Å². The molecule has 3 N–H and O–H groups in total. The van der Waals surface area contributed by atoms with Crippen LogP contribution in [0, 0.1) is 11.6 Å². The molecule has 0 amide bonds. The molecule has 2 unspecified atom stereocenters. The summed E-state index contributed by atoms with van der Waals surface area (Å²) < 4.78 is 26.9. The van der Waals surface area contributed by atoms with E-state index in [-0.39, 0.29) is 23.5 Å². The van der Waals surface area contributed by atoms with E-state index in [2.05, 4.69) is 19.3 Å². The van der Waals surface area contributed by atoms with E-state index >= 15 is 0 Å². The van der Waals surface area contributed by atoms with Crippen LogP contribution < -0.4 is 11.2 Å². The molecule has 1 heterocycles. The van der Waals surface area contributed by atoms with Crippen LogP contribution in [0.2, 0.25) is 0 Å². The molecule has 0 aliphatic carbocycles. The quantitative estimate of drug-likeness (QED) is 0.798. The van der Waals surface area contributed by atoms with Crippen molar-refractivity contribution in [2.45, 2.75) is 45.2 Å². The van der Waals surface area contributed by atoms with Crippen molar-refractivity contribution in [1.82, 2.24) is 5.01 Å². The maximum atomic E-state index is 13.7. The Balaban J connectivity index is 2.25. The van der Waals surface area contributed by atoms with E-state index in [1.807, 2.05) is 5.01 Å². The second kappa shape index (κ2) is 5.10. The Kier molecular flexibility index (Phi) is 3.71. The number of nitrogens with two attached hydrogens (primary N) is 1. The van der Waals surface area contributed by atoms with Crippen LogP contribution in [-0.4, -0.2) is 17.1 Å². The number of nitrogen functional groups attached to an aromatic ring is 1. The molecule has 0 radical (unpaired) electrons. The van der Waals surface area contributed by atoms with Gasteiger partial charge in [-0.3, -0.25) is 0 Å². The number of rotatable bonds is 2. The van der Waals surface area contributed by atoms with Gasteiger partial charge in [0.15, 0.2) is 11.6 Å². The normalized spacial score (nSPS) is 25.1. The highest BCUT2D eigenvalue weighted by Gasteiger charge is 2.26. The van der Waals surface area contributed by atoms with E-state index in [4.69, 9.17) is 5.73 Å². The summed E-state index contributed by atoms with van der Waals surface area (Å²) in [5.74, 6) is -1.80. The van der Waals surface area contributed by atoms with Crippen LogP contribution in [0.3, 0.4) is 0 Å². The Bertz CT molecular complexity index is 426. The second-order valence-electron chi connectivity index (χ2n) is 4.97. The number of hydrogen-bond acceptors (Lipinski definition) is 3. The number of anilines is 2. The number of nitrogens with zero attached hydrogens (tertiary/aromatic N) is 1. The topological polar surface area (TPSA) is 41.3 Å². The third-order valence-corrected chi connectivity index (χ3v) is 3.56. The lowest BCUT2D eigenvalue weighted by Gasteiger charge is -2.39. The zero-order valence-corrected chi connectivity index (χ0v) is 10.7. The number of hydrazine groups is 1. The standard InChI is InChI=1S/C13H19F2N3/c1-8-4-3-5-9(2)18(8)17-13-11(16)7-6-10(14)12(13)15/h6-9,17H,3-5,16H2,1-2H3. The number of benzene rings is 1. The van der Waals surface area contributed by atoms with Crippen molar-refractivity contribution in [3.63, 3.8) is 0 Å². The van der Waals surface area contributed by atoms with Gasteiger partial charge in [0.05, 0.1) is 5.69 Å². The van der Waals surface area contributed by atoms with Crippen molar-refractivity contribution in [2.75, 3.05) is 11.2 Å². The van der Waals surface area contributed by atoms with Crippen molar-refractivity contribution < 1.29 is 8.78 Å². The average Bonchev–Trinajstić information content (AvgIpc) is 2.33. The highest BCUT2D eigenvalue weighted by Crippen LogP contribution is 2.29. The molecule has 0 saturated carbocycles. The molecule has 1 aromatic carbocycles. The van der Waals surface area contributed by atoms with E-state index in [1.54, 1.807) is 0 Å². The SMILES string of the molecule is CC1CCCC(C)N1Nc1c(N)ccc(F)c1F. The third kappa shape index (κ3) is 2.41. The fourth-order valence-electron chi connectivity index (χ4n) is 2.45. The molecule has 2 atom stereocenters. The van der Waals surface area contributed by atoms with E-state index in [0.717, 1.165) is 25.3 Å². The van der Waals surface area contributed by atoms with Crippen LogP contribution >= 0.6 is 0 Å². The lowest BCUT2D eigenvalue weighted by atomic mass is 10.00. The zero-order chi connectivity index (χ0) is 13.3. The van der Waals surface area contributed by atoms with Gasteiger partial charge in [-0.1, -0.05) is 6.42 Å².